The molecule has 0 atom stereocenters. The Balaban J connectivity index is 1.75. The number of anilines is 1. The molecule has 0 heterocycles. The summed E-state index contributed by atoms with van der Waals surface area (Å²) in [6, 6.07) is 13.6. The molecule has 0 aromatic heterocycles. The van der Waals surface area contributed by atoms with E-state index in [9.17, 15) is 14.4 Å². The molecule has 0 radical (unpaired) electrons. The van der Waals surface area contributed by atoms with Crippen LogP contribution >= 0.6 is 11.6 Å². The van der Waals surface area contributed by atoms with Crippen LogP contribution in [0.5, 0.6) is 0 Å². The van der Waals surface area contributed by atoms with E-state index in [1.54, 1.807) is 48.5 Å². The SMILES string of the molecule is Cc1ccc(Cl)cc1NC(=O)COC(=O)CNC(=O)c1ccccc1. The zero-order valence-electron chi connectivity index (χ0n) is 13.5. The Hall–Kier alpha value is -2.86. The Morgan fingerprint density at radius 2 is 1.80 bits per heavy atom. The van der Waals surface area contributed by atoms with Crippen LogP contribution in [0, 0.1) is 6.92 Å². The van der Waals surface area contributed by atoms with Gasteiger partial charge in [0.05, 0.1) is 0 Å². The zero-order valence-corrected chi connectivity index (χ0v) is 14.3. The number of hydrogen-bond donors (Lipinski definition) is 2. The topological polar surface area (TPSA) is 84.5 Å². The third kappa shape index (κ3) is 5.93. The van der Waals surface area contributed by atoms with Crippen molar-refractivity contribution in [1.82, 2.24) is 5.32 Å². The lowest BCUT2D eigenvalue weighted by atomic mass is 10.2. The van der Waals surface area contributed by atoms with Crippen LogP contribution in [0.2, 0.25) is 5.02 Å². The monoisotopic (exact) mass is 360 g/mol. The summed E-state index contributed by atoms with van der Waals surface area (Å²) in [7, 11) is 0. The van der Waals surface area contributed by atoms with Gasteiger partial charge < -0.3 is 15.4 Å². The van der Waals surface area contributed by atoms with Crippen molar-refractivity contribution < 1.29 is 19.1 Å². The van der Waals surface area contributed by atoms with Crippen molar-refractivity contribution in [3.63, 3.8) is 0 Å². The van der Waals surface area contributed by atoms with Crippen molar-refractivity contribution >= 4 is 35.1 Å². The summed E-state index contributed by atoms with van der Waals surface area (Å²) in [6.07, 6.45) is 0. The maximum absolute atomic E-state index is 11.8. The van der Waals surface area contributed by atoms with Crippen molar-refractivity contribution in [2.45, 2.75) is 6.92 Å². The van der Waals surface area contributed by atoms with Crippen molar-refractivity contribution in [1.29, 1.82) is 0 Å². The molecule has 2 amide bonds. The van der Waals surface area contributed by atoms with E-state index >= 15 is 0 Å². The minimum atomic E-state index is -0.706. The molecule has 6 nitrogen and oxygen atoms in total. The van der Waals surface area contributed by atoms with E-state index in [0.29, 0.717) is 16.3 Å². The molecule has 2 N–H and O–H groups in total. The Morgan fingerprint density at radius 3 is 2.52 bits per heavy atom. The Kier molecular flexibility index (Phi) is 6.54. The highest BCUT2D eigenvalue weighted by molar-refractivity contribution is 6.31. The summed E-state index contributed by atoms with van der Waals surface area (Å²) in [4.78, 5) is 35.2. The van der Waals surface area contributed by atoms with Crippen LogP contribution in [0.25, 0.3) is 0 Å². The van der Waals surface area contributed by atoms with E-state index in [-0.39, 0.29) is 6.54 Å². The number of ether oxygens (including phenoxy) is 1. The molecule has 0 saturated carbocycles. The molecule has 0 unspecified atom stereocenters. The van der Waals surface area contributed by atoms with Crippen LogP contribution in [-0.4, -0.2) is 30.9 Å². The van der Waals surface area contributed by atoms with Gasteiger partial charge in [-0.25, -0.2) is 0 Å². The average Bonchev–Trinajstić information content (AvgIpc) is 2.61. The van der Waals surface area contributed by atoms with Crippen molar-refractivity contribution in [3.8, 4) is 0 Å². The molecule has 0 aliphatic heterocycles. The molecular weight excluding hydrogens is 344 g/mol. The first-order valence-electron chi connectivity index (χ1n) is 7.50. The van der Waals surface area contributed by atoms with Gasteiger partial charge in [-0.1, -0.05) is 35.9 Å². The lowest BCUT2D eigenvalue weighted by Crippen LogP contribution is -2.32. The van der Waals surface area contributed by atoms with Crippen molar-refractivity contribution in [3.05, 3.63) is 64.7 Å². The lowest BCUT2D eigenvalue weighted by Gasteiger charge is -2.10. The number of aryl methyl sites for hydroxylation is 1. The summed E-state index contributed by atoms with van der Waals surface area (Å²) in [6.45, 7) is 1.04. The fourth-order valence-corrected chi connectivity index (χ4v) is 2.13. The largest absolute Gasteiger partial charge is 0.454 e. The highest BCUT2D eigenvalue weighted by atomic mass is 35.5. The van der Waals surface area contributed by atoms with Crippen molar-refractivity contribution in [2.75, 3.05) is 18.5 Å². The normalized spacial score (nSPS) is 10.0. The number of amides is 2. The molecule has 2 aromatic rings. The third-order valence-corrected chi connectivity index (χ3v) is 3.50. The van der Waals surface area contributed by atoms with Gasteiger partial charge in [-0.3, -0.25) is 14.4 Å². The second-order valence-electron chi connectivity index (χ2n) is 5.22. The fourth-order valence-electron chi connectivity index (χ4n) is 1.96. The van der Waals surface area contributed by atoms with Crippen LogP contribution in [-0.2, 0) is 14.3 Å². The van der Waals surface area contributed by atoms with Gasteiger partial charge in [-0.05, 0) is 36.8 Å². The summed E-state index contributed by atoms with van der Waals surface area (Å²) < 4.78 is 4.83. The number of esters is 1. The van der Waals surface area contributed by atoms with E-state index in [0.717, 1.165) is 5.56 Å². The Bertz CT molecular complexity index is 778. The van der Waals surface area contributed by atoms with Gasteiger partial charge in [0.1, 0.15) is 6.54 Å². The number of carbonyl (C=O) groups excluding carboxylic acids is 3. The highest BCUT2D eigenvalue weighted by Crippen LogP contribution is 2.19. The summed E-state index contributed by atoms with van der Waals surface area (Å²) in [5.74, 6) is -1.59. The van der Waals surface area contributed by atoms with E-state index in [1.165, 1.54) is 0 Å². The molecule has 0 saturated heterocycles. The molecule has 0 aliphatic carbocycles. The van der Waals surface area contributed by atoms with Crippen LogP contribution in [0.3, 0.4) is 0 Å². The van der Waals surface area contributed by atoms with Gasteiger partial charge in [-0.15, -0.1) is 0 Å². The number of carbonyl (C=O) groups is 3. The second kappa shape index (κ2) is 8.84. The molecule has 0 aliphatic rings. The van der Waals surface area contributed by atoms with E-state index in [4.69, 9.17) is 16.3 Å². The van der Waals surface area contributed by atoms with E-state index in [2.05, 4.69) is 10.6 Å². The Labute approximate surface area is 150 Å². The molecule has 130 valence electrons. The standard InChI is InChI=1S/C18H17ClN2O4/c1-12-7-8-14(19)9-15(12)21-16(22)11-25-17(23)10-20-18(24)13-5-3-2-4-6-13/h2-9H,10-11H2,1H3,(H,20,24)(H,21,22). The van der Waals surface area contributed by atoms with Gasteiger partial charge in [0.25, 0.3) is 11.8 Å². The Morgan fingerprint density at radius 1 is 1.08 bits per heavy atom. The molecule has 7 heteroatoms. The van der Waals surface area contributed by atoms with E-state index < -0.39 is 24.4 Å². The first-order chi connectivity index (χ1) is 12.0. The molecule has 2 rings (SSSR count). The van der Waals surface area contributed by atoms with E-state index in [1.807, 2.05) is 6.92 Å². The summed E-state index contributed by atoms with van der Waals surface area (Å²) in [5.41, 5.74) is 1.81. The van der Waals surface area contributed by atoms with Gasteiger partial charge >= 0.3 is 5.97 Å². The highest BCUT2D eigenvalue weighted by Gasteiger charge is 2.11. The van der Waals surface area contributed by atoms with Crippen LogP contribution in [0.15, 0.2) is 48.5 Å². The van der Waals surface area contributed by atoms with Gasteiger partial charge in [-0.2, -0.15) is 0 Å². The smallest absolute Gasteiger partial charge is 0.325 e. The van der Waals surface area contributed by atoms with Gasteiger partial charge in [0.15, 0.2) is 6.61 Å². The zero-order chi connectivity index (χ0) is 18.2. The third-order valence-electron chi connectivity index (χ3n) is 3.27. The van der Waals surface area contributed by atoms with Crippen LogP contribution in [0.1, 0.15) is 15.9 Å². The first-order valence-corrected chi connectivity index (χ1v) is 7.88. The number of benzene rings is 2. The van der Waals surface area contributed by atoms with Gasteiger partial charge in [0.2, 0.25) is 0 Å². The molecular formula is C18H17ClN2O4. The number of nitrogens with one attached hydrogen (secondary N) is 2. The number of halogens is 1. The first kappa shape index (κ1) is 18.5. The molecule has 25 heavy (non-hydrogen) atoms. The molecule has 2 aromatic carbocycles. The summed E-state index contributed by atoms with van der Waals surface area (Å²) in [5, 5.41) is 5.52. The summed E-state index contributed by atoms with van der Waals surface area (Å²) >= 11 is 5.87. The van der Waals surface area contributed by atoms with Crippen molar-refractivity contribution in [2.24, 2.45) is 0 Å². The minimum absolute atomic E-state index is 0.322. The van der Waals surface area contributed by atoms with Crippen LogP contribution in [0.4, 0.5) is 5.69 Å². The second-order valence-corrected chi connectivity index (χ2v) is 5.65. The lowest BCUT2D eigenvalue weighted by molar-refractivity contribution is -0.146. The van der Waals surface area contributed by atoms with Gasteiger partial charge in [0, 0.05) is 16.3 Å². The molecule has 0 spiro atoms. The number of hydrogen-bond acceptors (Lipinski definition) is 4. The van der Waals surface area contributed by atoms with Crippen LogP contribution < -0.4 is 10.6 Å². The maximum Gasteiger partial charge on any atom is 0.325 e. The molecule has 0 fully saturated rings. The quantitative estimate of drug-likeness (QED) is 0.775. The molecule has 0 bridgehead atoms. The predicted octanol–water partition coefficient (Wildman–Crippen LogP) is 2.56. The number of rotatable bonds is 6. The maximum atomic E-state index is 11.8. The minimum Gasteiger partial charge on any atom is -0.454 e. The average molecular weight is 361 g/mol. The fraction of sp³-hybridized carbons (Fsp3) is 0.167. The predicted molar refractivity (Wildman–Crippen MR) is 94.6 cm³/mol.